The van der Waals surface area contributed by atoms with Gasteiger partial charge in [0.1, 0.15) is 15.7 Å². The molecule has 1 aliphatic carbocycles. The van der Waals surface area contributed by atoms with Crippen molar-refractivity contribution in [3.8, 4) is 0 Å². The molecule has 3 aromatic rings. The van der Waals surface area contributed by atoms with E-state index in [9.17, 15) is 0 Å². The lowest BCUT2D eigenvalue weighted by atomic mass is 9.97. The van der Waals surface area contributed by atoms with Gasteiger partial charge in [0.15, 0.2) is 5.16 Å². The van der Waals surface area contributed by atoms with Crippen LogP contribution in [0.5, 0.6) is 0 Å². The number of hydrogen-bond donors (Lipinski definition) is 0. The van der Waals surface area contributed by atoms with Crippen LogP contribution < -0.4 is 0 Å². The fourth-order valence-corrected chi connectivity index (χ4v) is 5.71. The Kier molecular flexibility index (Phi) is 4.07. The monoisotopic (exact) mass is 365 g/mol. The fourth-order valence-electron chi connectivity index (χ4n) is 3.00. The Hall–Kier alpha value is -1.11. The van der Waals surface area contributed by atoms with Gasteiger partial charge in [0.25, 0.3) is 0 Å². The summed E-state index contributed by atoms with van der Waals surface area (Å²) in [6.07, 6.45) is 4.74. The summed E-state index contributed by atoms with van der Waals surface area (Å²) in [7, 11) is 0. The SMILES string of the molecule is Cc1noc(C)c1CSc1nc(Cl)c2c3c(sc2n1)CCCC3. The molecule has 3 aromatic heterocycles. The summed E-state index contributed by atoms with van der Waals surface area (Å²) in [6.45, 7) is 3.89. The average Bonchev–Trinajstić information content (AvgIpc) is 3.06. The molecule has 0 saturated heterocycles. The summed E-state index contributed by atoms with van der Waals surface area (Å²) in [5, 5.41) is 6.38. The molecule has 0 fully saturated rings. The van der Waals surface area contributed by atoms with Gasteiger partial charge in [-0.15, -0.1) is 11.3 Å². The van der Waals surface area contributed by atoms with E-state index >= 15 is 0 Å². The molecular weight excluding hydrogens is 350 g/mol. The molecule has 0 saturated carbocycles. The van der Waals surface area contributed by atoms with Crippen LogP contribution in [0.15, 0.2) is 9.68 Å². The molecule has 0 amide bonds. The van der Waals surface area contributed by atoms with Crippen LogP contribution in [0.3, 0.4) is 0 Å². The Morgan fingerprint density at radius 3 is 2.83 bits per heavy atom. The Morgan fingerprint density at radius 2 is 2.04 bits per heavy atom. The fraction of sp³-hybridized carbons (Fsp3) is 0.438. The van der Waals surface area contributed by atoms with Crippen molar-refractivity contribution in [2.24, 2.45) is 0 Å². The highest BCUT2D eigenvalue weighted by Crippen LogP contribution is 2.39. The second kappa shape index (κ2) is 6.07. The van der Waals surface area contributed by atoms with Crippen molar-refractivity contribution >= 4 is 44.9 Å². The quantitative estimate of drug-likeness (QED) is 0.366. The molecule has 7 heteroatoms. The summed E-state index contributed by atoms with van der Waals surface area (Å²) in [6, 6.07) is 0. The maximum absolute atomic E-state index is 6.48. The summed E-state index contributed by atoms with van der Waals surface area (Å²) >= 11 is 9.83. The van der Waals surface area contributed by atoms with Crippen LogP contribution in [-0.4, -0.2) is 15.1 Å². The summed E-state index contributed by atoms with van der Waals surface area (Å²) < 4.78 is 5.20. The first-order chi connectivity index (χ1) is 11.1. The third-order valence-corrected chi connectivity index (χ3v) is 6.61. The van der Waals surface area contributed by atoms with Crippen molar-refractivity contribution in [2.75, 3.05) is 0 Å². The van der Waals surface area contributed by atoms with Gasteiger partial charge in [0, 0.05) is 16.2 Å². The van der Waals surface area contributed by atoms with Gasteiger partial charge in [-0.1, -0.05) is 28.5 Å². The van der Waals surface area contributed by atoms with Gasteiger partial charge < -0.3 is 4.52 Å². The standard InChI is InChI=1S/C16H16ClN3OS2/c1-8-11(9(2)21-20-8)7-22-16-18-14(17)13-10-5-3-4-6-12(10)23-15(13)19-16/h3-7H2,1-2H3. The van der Waals surface area contributed by atoms with Gasteiger partial charge in [-0.25, -0.2) is 9.97 Å². The Bertz CT molecular complexity index is 868. The zero-order valence-electron chi connectivity index (χ0n) is 13.0. The minimum absolute atomic E-state index is 0.593. The van der Waals surface area contributed by atoms with Crippen LogP contribution in [0.1, 0.15) is 40.3 Å². The van der Waals surface area contributed by atoms with Crippen molar-refractivity contribution in [1.29, 1.82) is 0 Å². The average molecular weight is 366 g/mol. The van der Waals surface area contributed by atoms with E-state index in [2.05, 4.69) is 10.1 Å². The van der Waals surface area contributed by atoms with E-state index < -0.39 is 0 Å². The van der Waals surface area contributed by atoms with Crippen molar-refractivity contribution in [2.45, 2.75) is 50.4 Å². The Balaban J connectivity index is 1.66. The molecular formula is C16H16ClN3OS2. The van der Waals surface area contributed by atoms with Gasteiger partial charge in [-0.05, 0) is 45.1 Å². The van der Waals surface area contributed by atoms with Crippen molar-refractivity contribution in [3.63, 3.8) is 0 Å². The summed E-state index contributed by atoms with van der Waals surface area (Å²) in [4.78, 5) is 11.7. The molecule has 4 nitrogen and oxygen atoms in total. The zero-order valence-corrected chi connectivity index (χ0v) is 15.4. The molecule has 0 bridgehead atoms. The number of thioether (sulfide) groups is 1. The number of nitrogens with zero attached hydrogens (tertiary/aromatic N) is 3. The van der Waals surface area contributed by atoms with E-state index in [4.69, 9.17) is 21.1 Å². The third kappa shape index (κ3) is 2.77. The lowest BCUT2D eigenvalue weighted by Crippen LogP contribution is -1.98. The van der Waals surface area contributed by atoms with Gasteiger partial charge in [0.2, 0.25) is 0 Å². The molecule has 4 rings (SSSR count). The minimum atomic E-state index is 0.593. The van der Waals surface area contributed by atoms with Crippen molar-refractivity contribution < 1.29 is 4.52 Å². The van der Waals surface area contributed by atoms with E-state index in [0.717, 1.165) is 51.0 Å². The maximum Gasteiger partial charge on any atom is 0.190 e. The van der Waals surface area contributed by atoms with E-state index in [1.807, 2.05) is 13.8 Å². The largest absolute Gasteiger partial charge is 0.361 e. The highest BCUT2D eigenvalue weighted by Gasteiger charge is 2.20. The maximum atomic E-state index is 6.48. The molecule has 120 valence electrons. The normalized spacial score (nSPS) is 14.4. The number of aryl methyl sites for hydroxylation is 4. The zero-order chi connectivity index (χ0) is 16.0. The lowest BCUT2D eigenvalue weighted by Gasteiger charge is -2.10. The highest BCUT2D eigenvalue weighted by molar-refractivity contribution is 7.98. The predicted molar refractivity (Wildman–Crippen MR) is 94.6 cm³/mol. The number of fused-ring (bicyclic) bond motifs is 3. The van der Waals surface area contributed by atoms with E-state index in [-0.39, 0.29) is 0 Å². The molecule has 1 aliphatic rings. The topological polar surface area (TPSA) is 51.8 Å². The highest BCUT2D eigenvalue weighted by atomic mass is 35.5. The summed E-state index contributed by atoms with van der Waals surface area (Å²) in [5.74, 6) is 1.60. The number of rotatable bonds is 3. The molecule has 0 radical (unpaired) electrons. The van der Waals surface area contributed by atoms with Gasteiger partial charge in [-0.2, -0.15) is 0 Å². The molecule has 0 atom stereocenters. The van der Waals surface area contributed by atoms with Crippen LogP contribution in [0, 0.1) is 13.8 Å². The molecule has 0 spiro atoms. The number of aromatic nitrogens is 3. The van der Waals surface area contributed by atoms with E-state index in [1.165, 1.54) is 23.3 Å². The smallest absolute Gasteiger partial charge is 0.190 e. The van der Waals surface area contributed by atoms with Gasteiger partial charge >= 0.3 is 0 Å². The second-order valence-corrected chi connectivity index (χ2v) is 8.16. The van der Waals surface area contributed by atoms with Gasteiger partial charge in [-0.3, -0.25) is 0 Å². The predicted octanol–water partition coefficient (Wildman–Crippen LogP) is 5.12. The van der Waals surface area contributed by atoms with E-state index in [1.54, 1.807) is 23.1 Å². The first-order valence-corrected chi connectivity index (χ1v) is 9.84. The molecule has 23 heavy (non-hydrogen) atoms. The number of halogens is 1. The Labute approximate surface area is 147 Å². The van der Waals surface area contributed by atoms with Crippen LogP contribution in [0.25, 0.3) is 10.2 Å². The minimum Gasteiger partial charge on any atom is -0.361 e. The van der Waals surface area contributed by atoms with Gasteiger partial charge in [0.05, 0.1) is 11.1 Å². The second-order valence-electron chi connectivity index (χ2n) is 5.78. The third-order valence-electron chi connectivity index (χ3n) is 4.28. The summed E-state index contributed by atoms with van der Waals surface area (Å²) in [5.41, 5.74) is 3.41. The van der Waals surface area contributed by atoms with Crippen LogP contribution in [0.4, 0.5) is 0 Å². The van der Waals surface area contributed by atoms with Crippen molar-refractivity contribution in [3.05, 3.63) is 32.6 Å². The van der Waals surface area contributed by atoms with Crippen LogP contribution in [-0.2, 0) is 18.6 Å². The number of thiophene rings is 1. The molecule has 0 N–H and O–H groups in total. The Morgan fingerprint density at radius 1 is 1.22 bits per heavy atom. The molecule has 3 heterocycles. The molecule has 0 unspecified atom stereocenters. The first-order valence-electron chi connectivity index (χ1n) is 7.66. The lowest BCUT2D eigenvalue weighted by molar-refractivity contribution is 0.392. The molecule has 0 aromatic carbocycles. The van der Waals surface area contributed by atoms with Crippen LogP contribution in [0.2, 0.25) is 5.15 Å². The van der Waals surface area contributed by atoms with E-state index in [0.29, 0.717) is 5.15 Å². The van der Waals surface area contributed by atoms with Crippen LogP contribution >= 0.6 is 34.7 Å². The first kappa shape index (κ1) is 15.4. The van der Waals surface area contributed by atoms with Crippen molar-refractivity contribution in [1.82, 2.24) is 15.1 Å². The number of hydrogen-bond acceptors (Lipinski definition) is 6. The molecule has 0 aliphatic heterocycles.